The summed E-state index contributed by atoms with van der Waals surface area (Å²) in [4.78, 5) is 29.2. The number of rotatable bonds is 4. The molecule has 2 aromatic heterocycles. The van der Waals surface area contributed by atoms with E-state index in [2.05, 4.69) is 19.5 Å². The number of hydrogen-bond acceptors (Lipinski definition) is 9. The summed E-state index contributed by atoms with van der Waals surface area (Å²) in [5, 5.41) is 20.1. The first kappa shape index (κ1) is 16.2. The Kier molecular flexibility index (Phi) is 4.06. The predicted octanol–water partition coefficient (Wildman–Crippen LogP) is -1.86. The normalized spacial score (nSPS) is 28.5. The van der Waals surface area contributed by atoms with Crippen LogP contribution in [0.4, 0.5) is 5.82 Å². The molecule has 23 heavy (non-hydrogen) atoms. The predicted molar refractivity (Wildman–Crippen MR) is 73.7 cm³/mol. The molecule has 1 aliphatic rings. The summed E-state index contributed by atoms with van der Waals surface area (Å²) in [5.74, 6) is 0.142. The number of nitrogens with zero attached hydrogens (tertiary/aromatic N) is 4. The van der Waals surface area contributed by atoms with Gasteiger partial charge < -0.3 is 30.5 Å². The van der Waals surface area contributed by atoms with Crippen molar-refractivity contribution >= 4 is 24.8 Å². The van der Waals surface area contributed by atoms with Gasteiger partial charge >= 0.3 is 7.82 Å². The Morgan fingerprint density at radius 2 is 2.04 bits per heavy atom. The second-order valence-electron chi connectivity index (χ2n) is 4.92. The summed E-state index contributed by atoms with van der Waals surface area (Å²) < 4.78 is 21.8. The van der Waals surface area contributed by atoms with E-state index >= 15 is 0 Å². The van der Waals surface area contributed by atoms with Crippen molar-refractivity contribution in [3.63, 3.8) is 0 Å². The number of hydrogen-bond donors (Lipinski definition) is 5. The zero-order valence-electron chi connectivity index (χ0n) is 11.5. The molecule has 0 spiro atoms. The lowest BCUT2D eigenvalue weighted by Gasteiger charge is -2.16. The molecule has 126 valence electrons. The van der Waals surface area contributed by atoms with E-state index in [1.54, 1.807) is 0 Å². The van der Waals surface area contributed by atoms with Crippen molar-refractivity contribution in [2.75, 3.05) is 12.3 Å². The highest BCUT2D eigenvalue weighted by Crippen LogP contribution is 2.38. The number of aromatic nitrogens is 4. The van der Waals surface area contributed by atoms with E-state index in [-0.39, 0.29) is 11.5 Å². The number of fused-ring (bicyclic) bond motifs is 1. The van der Waals surface area contributed by atoms with Gasteiger partial charge in [0.05, 0.1) is 12.9 Å². The summed E-state index contributed by atoms with van der Waals surface area (Å²) in [6, 6.07) is 0. The molecule has 0 saturated carbocycles. The van der Waals surface area contributed by atoms with Gasteiger partial charge in [-0.05, 0) is 0 Å². The van der Waals surface area contributed by atoms with Crippen LogP contribution in [0.15, 0.2) is 12.7 Å². The zero-order chi connectivity index (χ0) is 16.8. The van der Waals surface area contributed by atoms with Crippen LogP contribution in [0.3, 0.4) is 0 Å². The minimum absolute atomic E-state index is 0.142. The second-order valence-corrected chi connectivity index (χ2v) is 6.15. The van der Waals surface area contributed by atoms with Gasteiger partial charge in [0.1, 0.15) is 30.2 Å². The van der Waals surface area contributed by atoms with Gasteiger partial charge in [-0.3, -0.25) is 9.09 Å². The topological polar surface area (TPSA) is 186 Å². The molecule has 1 saturated heterocycles. The van der Waals surface area contributed by atoms with Crippen LogP contribution in [-0.4, -0.2) is 64.4 Å². The molecule has 0 unspecified atom stereocenters. The first-order valence-corrected chi connectivity index (χ1v) is 7.95. The lowest BCUT2D eigenvalue weighted by atomic mass is 11.1. The van der Waals surface area contributed by atoms with Gasteiger partial charge in [-0.25, -0.2) is 19.5 Å². The third kappa shape index (κ3) is 3.05. The van der Waals surface area contributed by atoms with E-state index in [4.69, 9.17) is 20.3 Å². The van der Waals surface area contributed by atoms with Crippen molar-refractivity contribution in [1.82, 2.24) is 19.5 Å². The van der Waals surface area contributed by atoms with E-state index in [0.717, 1.165) is 0 Å². The second kappa shape index (κ2) is 5.76. The van der Waals surface area contributed by atoms with Crippen LogP contribution in [0, 0.1) is 0 Å². The fourth-order valence-electron chi connectivity index (χ4n) is 2.32. The van der Waals surface area contributed by atoms with Crippen molar-refractivity contribution < 1.29 is 33.8 Å². The summed E-state index contributed by atoms with van der Waals surface area (Å²) >= 11 is 0. The van der Waals surface area contributed by atoms with Crippen LogP contribution in [-0.2, 0) is 13.8 Å². The summed E-state index contributed by atoms with van der Waals surface area (Å²) in [5.41, 5.74) is 6.25. The van der Waals surface area contributed by atoms with E-state index < -0.39 is 39.0 Å². The summed E-state index contributed by atoms with van der Waals surface area (Å²) in [6.07, 6.45) is -2.49. The molecule has 0 aromatic carbocycles. The van der Waals surface area contributed by atoms with Crippen LogP contribution in [0.1, 0.15) is 6.23 Å². The average Bonchev–Trinajstić information content (AvgIpc) is 3.01. The Hall–Kier alpha value is -1.66. The number of ether oxygens (including phenoxy) is 1. The van der Waals surface area contributed by atoms with E-state index in [1.807, 2.05) is 0 Å². The molecule has 2 aromatic rings. The van der Waals surface area contributed by atoms with Crippen molar-refractivity contribution in [3.05, 3.63) is 12.7 Å². The molecule has 1 fully saturated rings. The number of imidazole rings is 1. The minimum Gasteiger partial charge on any atom is -0.387 e. The Balaban J connectivity index is 1.85. The van der Waals surface area contributed by atoms with Crippen LogP contribution >= 0.6 is 7.82 Å². The van der Waals surface area contributed by atoms with Gasteiger partial charge in [0.25, 0.3) is 0 Å². The minimum atomic E-state index is -4.72. The fourth-order valence-corrected chi connectivity index (χ4v) is 2.66. The van der Waals surface area contributed by atoms with Gasteiger partial charge in [0, 0.05) is 0 Å². The highest BCUT2D eigenvalue weighted by atomic mass is 31.2. The third-order valence-electron chi connectivity index (χ3n) is 3.41. The van der Waals surface area contributed by atoms with Crippen molar-refractivity contribution in [3.8, 4) is 0 Å². The Morgan fingerprint density at radius 3 is 2.74 bits per heavy atom. The monoisotopic (exact) mass is 362 g/mol. The molecular formula is C10H14N5O7P. The molecule has 12 nitrogen and oxygen atoms in total. The molecule has 0 bridgehead atoms. The van der Waals surface area contributed by atoms with Gasteiger partial charge in [-0.2, -0.15) is 0 Å². The number of nitrogens with two attached hydrogens (primary N) is 1. The number of aliphatic hydroxyl groups excluding tert-OH is 2. The Morgan fingerprint density at radius 1 is 1.30 bits per heavy atom. The van der Waals surface area contributed by atoms with Crippen LogP contribution < -0.4 is 5.73 Å². The summed E-state index contributed by atoms with van der Waals surface area (Å²) in [7, 11) is -4.72. The Labute approximate surface area is 128 Å². The van der Waals surface area contributed by atoms with Gasteiger partial charge in [0.15, 0.2) is 17.7 Å². The average molecular weight is 362 g/mol. The molecular weight excluding hydrogens is 348 g/mol. The fraction of sp³-hybridized carbons (Fsp3) is 0.500. The quantitative estimate of drug-likeness (QED) is 0.233. The van der Waals surface area contributed by atoms with Gasteiger partial charge in [-0.15, -0.1) is 0 Å². The molecule has 0 aliphatic carbocycles. The van der Waals surface area contributed by atoms with Crippen molar-refractivity contribution in [2.24, 2.45) is 0 Å². The maximum absolute atomic E-state index is 10.7. The first-order chi connectivity index (χ1) is 10.8. The number of phosphoric ester groups is 1. The van der Waals surface area contributed by atoms with E-state index in [1.165, 1.54) is 17.2 Å². The molecule has 13 heteroatoms. The standard InChI is InChI=1S/C10H14N5O7P/c11-8-5-9(13-2-12-8)15(3-14-5)10-7(17)6(16)4(22-10)1-21-23(18,19)20/h2-4,6-7,10,16-17H,1H2,(H2,11,12,13)(H2,18,19,20)/t4-,6-,7+,10-/m1/s1/i1+1,2+1,3+1,4+1,5+1,6+1,7+1,8+1,9+1,10+1,11+1,12+1,13+1,14+1,15+1. The van der Waals surface area contributed by atoms with Crippen molar-refractivity contribution in [2.45, 2.75) is 24.5 Å². The molecule has 6 N–H and O–H groups in total. The highest BCUT2D eigenvalue weighted by molar-refractivity contribution is 7.46. The molecule has 0 amide bonds. The number of phosphoric acid groups is 1. The lowest BCUT2D eigenvalue weighted by Crippen LogP contribution is -2.33. The SMILES string of the molecule is [15NH2][13c]1[15n][13cH][15n][13c]2[13c]1[15n][13cH][15n]2[13C@@H]1O[13C@H]([13CH2]OP(=O)(O)O)[13C@@H](O)[13C@@H]1O. The lowest BCUT2D eigenvalue weighted by molar-refractivity contribution is -0.0504. The van der Waals surface area contributed by atoms with Gasteiger partial charge in [-0.1, -0.05) is 0 Å². The molecule has 3 heterocycles. The van der Waals surface area contributed by atoms with Crippen LogP contribution in [0.5, 0.6) is 0 Å². The maximum atomic E-state index is 10.7. The summed E-state index contributed by atoms with van der Waals surface area (Å²) in [6.45, 7) is -0.594. The molecule has 1 aliphatic heterocycles. The number of anilines is 1. The van der Waals surface area contributed by atoms with E-state index in [9.17, 15) is 14.8 Å². The molecule has 4 atom stereocenters. The third-order valence-corrected chi connectivity index (χ3v) is 3.89. The smallest absolute Gasteiger partial charge is 0.387 e. The van der Waals surface area contributed by atoms with Crippen molar-refractivity contribution in [1.29, 1.82) is 0 Å². The number of aliphatic hydroxyl groups is 2. The Bertz CT molecular complexity index is 763. The van der Waals surface area contributed by atoms with E-state index in [0.29, 0.717) is 5.52 Å². The zero-order valence-corrected chi connectivity index (χ0v) is 12.4. The first-order valence-electron chi connectivity index (χ1n) is 6.42. The highest BCUT2D eigenvalue weighted by Gasteiger charge is 2.45. The molecule has 0 radical (unpaired) electrons. The number of nitrogen functional groups attached to an aromatic ring is 1. The molecule has 3 rings (SSSR count). The maximum Gasteiger partial charge on any atom is 0.469 e. The largest absolute Gasteiger partial charge is 0.469 e. The van der Waals surface area contributed by atoms with Crippen LogP contribution in [0.25, 0.3) is 11.2 Å². The van der Waals surface area contributed by atoms with Crippen LogP contribution in [0.2, 0.25) is 0 Å². The van der Waals surface area contributed by atoms with Gasteiger partial charge in [0.2, 0.25) is 0 Å².